The third-order valence-corrected chi connectivity index (χ3v) is 1.88. The number of nitrogens with one attached hydrogen (secondary N) is 1. The molecule has 98 valence electrons. The molecule has 0 saturated carbocycles. The second-order valence-corrected chi connectivity index (χ2v) is 4.82. The monoisotopic (exact) mass is 251 g/mol. The van der Waals surface area contributed by atoms with Gasteiger partial charge >= 0.3 is 6.09 Å². The molecule has 0 aliphatic heterocycles. The summed E-state index contributed by atoms with van der Waals surface area (Å²) in [6.45, 7) is 5.22. The van der Waals surface area contributed by atoms with E-state index in [1.54, 1.807) is 26.8 Å². The van der Waals surface area contributed by atoms with E-state index in [1.807, 2.05) is 0 Å². The molecule has 1 amide bonds. The van der Waals surface area contributed by atoms with Crippen molar-refractivity contribution in [2.75, 3.05) is 6.54 Å². The highest BCUT2D eigenvalue weighted by Crippen LogP contribution is 2.06. The van der Waals surface area contributed by atoms with Crippen LogP contribution in [0.15, 0.2) is 18.5 Å². The summed E-state index contributed by atoms with van der Waals surface area (Å²) in [6.07, 6.45) is 2.66. The number of carbonyl (C=O) groups is 2. The van der Waals surface area contributed by atoms with E-state index in [4.69, 9.17) is 4.74 Å². The number of nitrogens with zero attached hydrogens (tertiary/aromatic N) is 2. The number of Topliss-reactive ketones (excluding diaryl/α,β-unsaturated/α-hetero) is 1. The standard InChI is InChI=1S/C12H17N3O3/c1-12(2,3)18-11(17)13-8-10(16)6-9-4-5-14-15-7-9/h4-5,7H,6,8H2,1-3H3,(H,13,17). The van der Waals surface area contributed by atoms with Gasteiger partial charge in [-0.2, -0.15) is 10.2 Å². The number of ether oxygens (including phenoxy) is 1. The van der Waals surface area contributed by atoms with Crippen LogP contribution in [0.1, 0.15) is 26.3 Å². The summed E-state index contributed by atoms with van der Waals surface area (Å²) in [5.41, 5.74) is 0.197. The molecule has 1 N–H and O–H groups in total. The fourth-order valence-corrected chi connectivity index (χ4v) is 1.20. The van der Waals surface area contributed by atoms with Crippen molar-refractivity contribution in [2.24, 2.45) is 0 Å². The molecule has 6 nitrogen and oxygen atoms in total. The Kier molecular flexibility index (Phi) is 4.76. The molecule has 0 fully saturated rings. The molecule has 1 rings (SSSR count). The van der Waals surface area contributed by atoms with Crippen LogP contribution in [0.25, 0.3) is 0 Å². The first-order chi connectivity index (χ1) is 8.37. The predicted molar refractivity (Wildman–Crippen MR) is 65.0 cm³/mol. The van der Waals surface area contributed by atoms with Gasteiger partial charge in [0.25, 0.3) is 0 Å². The highest BCUT2D eigenvalue weighted by molar-refractivity contribution is 5.85. The zero-order valence-corrected chi connectivity index (χ0v) is 10.8. The van der Waals surface area contributed by atoms with Gasteiger partial charge in [-0.05, 0) is 32.4 Å². The summed E-state index contributed by atoms with van der Waals surface area (Å²) in [5.74, 6) is -0.117. The van der Waals surface area contributed by atoms with Gasteiger partial charge in [0.15, 0.2) is 5.78 Å². The molecule has 0 saturated heterocycles. The maximum Gasteiger partial charge on any atom is 0.408 e. The molecular formula is C12H17N3O3. The van der Waals surface area contributed by atoms with E-state index in [2.05, 4.69) is 15.5 Å². The van der Waals surface area contributed by atoms with Gasteiger partial charge < -0.3 is 10.1 Å². The molecule has 0 unspecified atom stereocenters. The minimum Gasteiger partial charge on any atom is -0.444 e. The SMILES string of the molecule is CC(C)(C)OC(=O)NCC(=O)Cc1ccnnc1. The Balaban J connectivity index is 2.32. The van der Waals surface area contributed by atoms with Gasteiger partial charge in [-0.15, -0.1) is 0 Å². The van der Waals surface area contributed by atoms with Crippen molar-refractivity contribution in [1.29, 1.82) is 0 Å². The smallest absolute Gasteiger partial charge is 0.408 e. The number of carbonyl (C=O) groups excluding carboxylic acids is 2. The molecule has 1 aromatic heterocycles. The normalized spacial score (nSPS) is 10.8. The molecule has 0 radical (unpaired) electrons. The van der Waals surface area contributed by atoms with E-state index in [1.165, 1.54) is 12.4 Å². The van der Waals surface area contributed by atoms with Gasteiger partial charge in [-0.1, -0.05) is 0 Å². The minimum atomic E-state index is -0.594. The average Bonchev–Trinajstić information content (AvgIpc) is 2.25. The number of rotatable bonds is 4. The van der Waals surface area contributed by atoms with E-state index in [-0.39, 0.29) is 18.7 Å². The molecule has 0 aromatic carbocycles. The van der Waals surface area contributed by atoms with Gasteiger partial charge in [-0.25, -0.2) is 4.79 Å². The second-order valence-electron chi connectivity index (χ2n) is 4.82. The fraction of sp³-hybridized carbons (Fsp3) is 0.500. The van der Waals surface area contributed by atoms with Crippen molar-refractivity contribution in [1.82, 2.24) is 15.5 Å². The van der Waals surface area contributed by atoms with Crippen LogP contribution in [0.4, 0.5) is 4.79 Å². The molecule has 0 aliphatic rings. The van der Waals surface area contributed by atoms with Crippen molar-refractivity contribution in [3.63, 3.8) is 0 Å². The van der Waals surface area contributed by atoms with E-state index in [9.17, 15) is 9.59 Å². The Hall–Kier alpha value is -1.98. The molecule has 1 heterocycles. The van der Waals surface area contributed by atoms with Crippen LogP contribution in [0.3, 0.4) is 0 Å². The Labute approximate surface area is 106 Å². The zero-order valence-electron chi connectivity index (χ0n) is 10.8. The summed E-state index contributed by atoms with van der Waals surface area (Å²) in [4.78, 5) is 22.9. The minimum absolute atomic E-state index is 0.0583. The Morgan fingerprint density at radius 2 is 2.06 bits per heavy atom. The van der Waals surface area contributed by atoms with Crippen LogP contribution >= 0.6 is 0 Å². The van der Waals surface area contributed by atoms with Crippen LogP contribution in [0.5, 0.6) is 0 Å². The third kappa shape index (κ3) is 5.93. The summed E-state index contributed by atoms with van der Waals surface area (Å²) in [5, 5.41) is 9.70. The van der Waals surface area contributed by atoms with Gasteiger partial charge in [0.2, 0.25) is 0 Å². The highest BCUT2D eigenvalue weighted by atomic mass is 16.6. The summed E-state index contributed by atoms with van der Waals surface area (Å²) in [6, 6.07) is 1.71. The van der Waals surface area contributed by atoms with Gasteiger partial charge in [0, 0.05) is 12.6 Å². The van der Waals surface area contributed by atoms with Crippen LogP contribution < -0.4 is 5.32 Å². The fourth-order valence-electron chi connectivity index (χ4n) is 1.20. The average molecular weight is 251 g/mol. The second kappa shape index (κ2) is 6.09. The number of aromatic nitrogens is 2. The molecule has 6 heteroatoms. The first-order valence-corrected chi connectivity index (χ1v) is 5.61. The van der Waals surface area contributed by atoms with Gasteiger partial charge in [-0.3, -0.25) is 4.79 Å². The molecule has 0 aliphatic carbocycles. The van der Waals surface area contributed by atoms with Crippen LogP contribution in [-0.4, -0.2) is 34.2 Å². The van der Waals surface area contributed by atoms with Gasteiger partial charge in [0.05, 0.1) is 12.7 Å². The third-order valence-electron chi connectivity index (χ3n) is 1.88. The van der Waals surface area contributed by atoms with Crippen molar-refractivity contribution >= 4 is 11.9 Å². The molecule has 0 atom stereocenters. The number of amides is 1. The molecule has 1 aromatic rings. The van der Waals surface area contributed by atoms with Crippen LogP contribution in [0, 0.1) is 0 Å². The lowest BCUT2D eigenvalue weighted by molar-refractivity contribution is -0.117. The highest BCUT2D eigenvalue weighted by Gasteiger charge is 2.16. The first-order valence-electron chi connectivity index (χ1n) is 5.61. The Morgan fingerprint density at radius 3 is 2.61 bits per heavy atom. The predicted octanol–water partition coefficient (Wildman–Crippen LogP) is 1.11. The van der Waals surface area contributed by atoms with Crippen LogP contribution in [0.2, 0.25) is 0 Å². The summed E-state index contributed by atoms with van der Waals surface area (Å²) in [7, 11) is 0. The maximum atomic E-state index is 11.6. The van der Waals surface area contributed by atoms with Gasteiger partial charge in [0.1, 0.15) is 5.60 Å². The van der Waals surface area contributed by atoms with Crippen LogP contribution in [-0.2, 0) is 16.0 Å². The molecule has 0 spiro atoms. The quantitative estimate of drug-likeness (QED) is 0.867. The number of hydrogen-bond donors (Lipinski definition) is 1. The first kappa shape index (κ1) is 14.1. The maximum absolute atomic E-state index is 11.6. The lowest BCUT2D eigenvalue weighted by Gasteiger charge is -2.19. The molecular weight excluding hydrogens is 234 g/mol. The lowest BCUT2D eigenvalue weighted by atomic mass is 10.1. The van der Waals surface area contributed by atoms with Crippen molar-refractivity contribution in [3.8, 4) is 0 Å². The number of hydrogen-bond acceptors (Lipinski definition) is 5. The van der Waals surface area contributed by atoms with E-state index in [0.717, 1.165) is 5.56 Å². The molecule has 0 bridgehead atoms. The van der Waals surface area contributed by atoms with Crippen molar-refractivity contribution < 1.29 is 14.3 Å². The zero-order chi connectivity index (χ0) is 13.6. The number of ketones is 1. The molecule has 18 heavy (non-hydrogen) atoms. The summed E-state index contributed by atoms with van der Waals surface area (Å²) < 4.78 is 5.01. The van der Waals surface area contributed by atoms with E-state index >= 15 is 0 Å². The Morgan fingerprint density at radius 1 is 1.33 bits per heavy atom. The Bertz CT molecular complexity index is 412. The topological polar surface area (TPSA) is 81.2 Å². The van der Waals surface area contributed by atoms with E-state index < -0.39 is 11.7 Å². The number of alkyl carbamates (subject to hydrolysis) is 1. The van der Waals surface area contributed by atoms with Crippen molar-refractivity contribution in [3.05, 3.63) is 24.0 Å². The summed E-state index contributed by atoms with van der Waals surface area (Å²) >= 11 is 0. The largest absolute Gasteiger partial charge is 0.444 e. The van der Waals surface area contributed by atoms with Crippen molar-refractivity contribution in [2.45, 2.75) is 32.8 Å². The van der Waals surface area contributed by atoms with E-state index in [0.29, 0.717) is 0 Å². The lowest BCUT2D eigenvalue weighted by Crippen LogP contribution is -2.35.